The zero-order valence-electron chi connectivity index (χ0n) is 14.8. The minimum Gasteiger partial charge on any atom is -0.475 e. The van der Waals surface area contributed by atoms with Crippen molar-refractivity contribution in [1.82, 2.24) is 15.0 Å². The van der Waals surface area contributed by atoms with E-state index in [0.717, 1.165) is 37.3 Å². The smallest absolute Gasteiger partial charge is 0.225 e. The summed E-state index contributed by atoms with van der Waals surface area (Å²) in [6.45, 7) is 6.19. The minimum absolute atomic E-state index is 0.0408. The molecule has 1 fully saturated rings. The van der Waals surface area contributed by atoms with Gasteiger partial charge in [0.2, 0.25) is 11.8 Å². The predicted octanol–water partition coefficient (Wildman–Crippen LogP) is 2.43. The molecule has 1 saturated heterocycles. The fourth-order valence-corrected chi connectivity index (χ4v) is 2.87. The van der Waals surface area contributed by atoms with Gasteiger partial charge in [0, 0.05) is 31.5 Å². The molecule has 2 aromatic rings. The highest BCUT2D eigenvalue weighted by atomic mass is 16.5. The largest absolute Gasteiger partial charge is 0.475 e. The second-order valence-corrected chi connectivity index (χ2v) is 6.47. The number of hydrogen-bond acceptors (Lipinski definition) is 7. The zero-order valence-corrected chi connectivity index (χ0v) is 14.8. The Balaban J connectivity index is 1.63. The Morgan fingerprint density at radius 1 is 1.36 bits per heavy atom. The first-order valence-electron chi connectivity index (χ1n) is 8.67. The van der Waals surface area contributed by atoms with Crippen molar-refractivity contribution in [2.75, 3.05) is 23.7 Å². The van der Waals surface area contributed by atoms with Crippen molar-refractivity contribution in [3.8, 4) is 5.88 Å². The van der Waals surface area contributed by atoms with Gasteiger partial charge in [-0.05, 0) is 38.3 Å². The number of nitrogens with zero attached hydrogens (tertiary/aromatic N) is 4. The van der Waals surface area contributed by atoms with Gasteiger partial charge in [-0.2, -0.15) is 9.97 Å². The van der Waals surface area contributed by atoms with Crippen LogP contribution < -0.4 is 15.4 Å². The zero-order chi connectivity index (χ0) is 17.6. The van der Waals surface area contributed by atoms with E-state index in [4.69, 9.17) is 15.2 Å². The van der Waals surface area contributed by atoms with Gasteiger partial charge in [0.15, 0.2) is 0 Å². The molecule has 3 rings (SSSR count). The third kappa shape index (κ3) is 5.03. The molecule has 1 aliphatic heterocycles. The summed E-state index contributed by atoms with van der Waals surface area (Å²) in [7, 11) is 0. The Morgan fingerprint density at radius 2 is 2.24 bits per heavy atom. The van der Waals surface area contributed by atoms with E-state index in [1.165, 1.54) is 0 Å². The van der Waals surface area contributed by atoms with E-state index in [2.05, 4.69) is 19.9 Å². The molecule has 0 amide bonds. The Labute approximate surface area is 148 Å². The van der Waals surface area contributed by atoms with Crippen molar-refractivity contribution >= 4 is 11.8 Å². The fourth-order valence-electron chi connectivity index (χ4n) is 2.87. The summed E-state index contributed by atoms with van der Waals surface area (Å²) in [6, 6.07) is 5.79. The average Bonchev–Trinajstić information content (AvgIpc) is 2.60. The first-order chi connectivity index (χ1) is 12.1. The summed E-state index contributed by atoms with van der Waals surface area (Å²) in [5.74, 6) is 1.53. The van der Waals surface area contributed by atoms with Crippen LogP contribution in [0.15, 0.2) is 30.6 Å². The number of ether oxygens (including phenoxy) is 2. The van der Waals surface area contributed by atoms with E-state index in [0.29, 0.717) is 12.5 Å². The third-order valence-electron chi connectivity index (χ3n) is 3.97. The number of rotatable bonds is 6. The first kappa shape index (κ1) is 17.4. The Kier molecular flexibility index (Phi) is 5.65. The van der Waals surface area contributed by atoms with Crippen LogP contribution in [0.25, 0.3) is 0 Å². The normalized spacial score (nSPS) is 17.7. The van der Waals surface area contributed by atoms with Crippen molar-refractivity contribution in [1.29, 1.82) is 0 Å². The molecule has 0 radical (unpaired) electrons. The number of aromatic nitrogens is 3. The van der Waals surface area contributed by atoms with Crippen LogP contribution in [0, 0.1) is 0 Å². The van der Waals surface area contributed by atoms with Crippen molar-refractivity contribution in [3.05, 3.63) is 36.2 Å². The molecule has 7 nitrogen and oxygen atoms in total. The number of hydrogen-bond donors (Lipinski definition) is 1. The molecule has 7 heteroatoms. The van der Waals surface area contributed by atoms with Gasteiger partial charge < -0.3 is 20.1 Å². The second-order valence-electron chi connectivity index (χ2n) is 6.47. The van der Waals surface area contributed by atoms with E-state index in [1.54, 1.807) is 6.20 Å². The maximum absolute atomic E-state index is 6.06. The molecule has 2 aromatic heterocycles. The van der Waals surface area contributed by atoms with E-state index in [-0.39, 0.29) is 18.2 Å². The van der Waals surface area contributed by atoms with Crippen LogP contribution in [0.5, 0.6) is 5.88 Å². The molecule has 0 saturated carbocycles. The number of anilines is 2. The van der Waals surface area contributed by atoms with Crippen LogP contribution in [0.2, 0.25) is 0 Å². The van der Waals surface area contributed by atoms with Gasteiger partial charge in [0.05, 0.1) is 18.8 Å². The monoisotopic (exact) mass is 343 g/mol. The summed E-state index contributed by atoms with van der Waals surface area (Å²) in [5, 5.41) is 0. The molecule has 0 spiro atoms. The average molecular weight is 343 g/mol. The van der Waals surface area contributed by atoms with Crippen LogP contribution in [0.1, 0.15) is 32.3 Å². The lowest BCUT2D eigenvalue weighted by atomic mass is 10.1. The van der Waals surface area contributed by atoms with Crippen molar-refractivity contribution in [2.45, 2.75) is 45.5 Å². The van der Waals surface area contributed by atoms with E-state index in [1.807, 2.05) is 38.2 Å². The molecule has 0 aromatic carbocycles. The number of nitrogens with two attached hydrogens (primary N) is 1. The Bertz CT molecular complexity index is 680. The molecule has 1 unspecified atom stereocenters. The van der Waals surface area contributed by atoms with Gasteiger partial charge in [0.1, 0.15) is 5.82 Å². The van der Waals surface area contributed by atoms with Gasteiger partial charge in [-0.1, -0.05) is 6.07 Å². The van der Waals surface area contributed by atoms with E-state index >= 15 is 0 Å². The molecule has 3 heterocycles. The second kappa shape index (κ2) is 8.11. The molecule has 1 atom stereocenters. The lowest BCUT2D eigenvalue weighted by Crippen LogP contribution is -2.40. The van der Waals surface area contributed by atoms with Crippen LogP contribution in [0.3, 0.4) is 0 Å². The maximum atomic E-state index is 6.06. The highest BCUT2D eigenvalue weighted by Gasteiger charge is 2.22. The van der Waals surface area contributed by atoms with Crippen LogP contribution in [0.4, 0.5) is 11.8 Å². The first-order valence-corrected chi connectivity index (χ1v) is 8.67. The minimum atomic E-state index is 0.0408. The van der Waals surface area contributed by atoms with Crippen molar-refractivity contribution < 1.29 is 9.47 Å². The lowest BCUT2D eigenvalue weighted by Gasteiger charge is -2.33. The molecule has 1 aliphatic rings. The van der Waals surface area contributed by atoms with Crippen LogP contribution >= 0.6 is 0 Å². The highest BCUT2D eigenvalue weighted by molar-refractivity contribution is 5.46. The maximum Gasteiger partial charge on any atom is 0.225 e. The Morgan fingerprint density at radius 3 is 3.00 bits per heavy atom. The topological polar surface area (TPSA) is 86.4 Å². The van der Waals surface area contributed by atoms with Gasteiger partial charge in [0.25, 0.3) is 0 Å². The predicted molar refractivity (Wildman–Crippen MR) is 96.5 cm³/mol. The quantitative estimate of drug-likeness (QED) is 0.862. The SMILES string of the molecule is CC(C)Oc1cc(N2CCCC(OCc3cccnc3)C2)nc(N)n1. The Hall–Kier alpha value is -2.41. The number of nitrogen functional groups attached to an aromatic ring is 1. The number of piperidine rings is 1. The summed E-state index contributed by atoms with van der Waals surface area (Å²) in [5.41, 5.74) is 6.93. The molecule has 2 N–H and O–H groups in total. The summed E-state index contributed by atoms with van der Waals surface area (Å²) in [4.78, 5) is 14.8. The molecular formula is C18H25N5O2. The van der Waals surface area contributed by atoms with Crippen molar-refractivity contribution in [2.24, 2.45) is 0 Å². The van der Waals surface area contributed by atoms with Crippen LogP contribution in [-0.2, 0) is 11.3 Å². The van der Waals surface area contributed by atoms with Crippen molar-refractivity contribution in [3.63, 3.8) is 0 Å². The molecular weight excluding hydrogens is 318 g/mol. The molecule has 25 heavy (non-hydrogen) atoms. The number of pyridine rings is 1. The lowest BCUT2D eigenvalue weighted by molar-refractivity contribution is 0.0313. The van der Waals surface area contributed by atoms with E-state index < -0.39 is 0 Å². The highest BCUT2D eigenvalue weighted by Crippen LogP contribution is 2.24. The van der Waals surface area contributed by atoms with E-state index in [9.17, 15) is 0 Å². The standard InChI is InChI=1S/C18H25N5O2/c1-13(2)25-17-9-16(21-18(19)22-17)23-8-4-6-15(11-23)24-12-14-5-3-7-20-10-14/h3,5,7,9-10,13,15H,4,6,8,11-12H2,1-2H3,(H2,19,21,22). The molecule has 0 bridgehead atoms. The van der Waals surface area contributed by atoms with Gasteiger partial charge in [-0.15, -0.1) is 0 Å². The van der Waals surface area contributed by atoms with Crippen LogP contribution in [-0.4, -0.2) is 40.2 Å². The summed E-state index contributed by atoms with van der Waals surface area (Å²) >= 11 is 0. The summed E-state index contributed by atoms with van der Waals surface area (Å²) < 4.78 is 11.7. The molecule has 0 aliphatic carbocycles. The third-order valence-corrected chi connectivity index (χ3v) is 3.97. The van der Waals surface area contributed by atoms with Gasteiger partial charge in [-0.3, -0.25) is 4.98 Å². The summed E-state index contributed by atoms with van der Waals surface area (Å²) in [6.07, 6.45) is 5.87. The fraction of sp³-hybridized carbons (Fsp3) is 0.500. The van der Waals surface area contributed by atoms with Gasteiger partial charge in [-0.25, -0.2) is 0 Å². The molecule has 134 valence electrons. The van der Waals surface area contributed by atoms with Gasteiger partial charge >= 0.3 is 0 Å².